The Kier molecular flexibility index (Phi) is 3.81. The first-order valence-corrected chi connectivity index (χ1v) is 5.89. The van der Waals surface area contributed by atoms with Gasteiger partial charge < -0.3 is 19.5 Å². The highest BCUT2D eigenvalue weighted by molar-refractivity contribution is 5.95. The van der Waals surface area contributed by atoms with Gasteiger partial charge in [-0.05, 0) is 20.2 Å². The molecule has 0 bridgehead atoms. The van der Waals surface area contributed by atoms with Crippen molar-refractivity contribution in [2.45, 2.75) is 6.54 Å². The Morgan fingerprint density at radius 1 is 1.47 bits per heavy atom. The van der Waals surface area contributed by atoms with Gasteiger partial charge in [-0.15, -0.1) is 0 Å². The molecule has 5 nitrogen and oxygen atoms in total. The number of piperazine rings is 1. The van der Waals surface area contributed by atoms with E-state index in [1.54, 1.807) is 12.3 Å². The second kappa shape index (κ2) is 5.33. The Bertz CT molecular complexity index is 381. The van der Waals surface area contributed by atoms with Crippen LogP contribution in [0.1, 0.15) is 16.1 Å². The molecular weight excluding hydrogens is 218 g/mol. The lowest BCUT2D eigenvalue weighted by molar-refractivity contribution is 0.0732. The molecule has 1 aliphatic rings. The summed E-state index contributed by atoms with van der Waals surface area (Å²) in [5.74, 6) is 0.829. The summed E-state index contributed by atoms with van der Waals surface area (Å²) in [5.41, 5.74) is 0.695. The van der Waals surface area contributed by atoms with E-state index in [9.17, 15) is 4.79 Å². The van der Waals surface area contributed by atoms with E-state index < -0.39 is 0 Å². The second-order valence-corrected chi connectivity index (χ2v) is 4.54. The van der Waals surface area contributed by atoms with Crippen LogP contribution < -0.4 is 5.32 Å². The summed E-state index contributed by atoms with van der Waals surface area (Å²) < 4.78 is 5.38. The molecule has 1 aromatic heterocycles. The lowest BCUT2D eigenvalue weighted by Gasteiger charge is -2.27. The van der Waals surface area contributed by atoms with E-state index in [0.29, 0.717) is 12.1 Å². The molecule has 0 radical (unpaired) electrons. The molecule has 0 saturated carbocycles. The molecule has 5 heteroatoms. The number of hydrogen-bond acceptors (Lipinski definition) is 4. The molecular formula is C12H19N3O2. The van der Waals surface area contributed by atoms with Crippen molar-refractivity contribution >= 4 is 5.91 Å². The van der Waals surface area contributed by atoms with Crippen molar-refractivity contribution in [3.8, 4) is 0 Å². The van der Waals surface area contributed by atoms with Gasteiger partial charge in [0, 0.05) is 26.2 Å². The number of hydrogen-bond donors (Lipinski definition) is 1. The van der Waals surface area contributed by atoms with E-state index in [1.165, 1.54) is 0 Å². The first kappa shape index (κ1) is 12.1. The maximum absolute atomic E-state index is 12.3. The number of carbonyl (C=O) groups excluding carboxylic acids is 1. The minimum Gasteiger partial charge on any atom is -0.467 e. The zero-order chi connectivity index (χ0) is 12.3. The fourth-order valence-electron chi connectivity index (χ4n) is 1.98. The molecule has 1 N–H and O–H groups in total. The van der Waals surface area contributed by atoms with E-state index in [4.69, 9.17) is 4.42 Å². The van der Waals surface area contributed by atoms with Crippen LogP contribution in [0.15, 0.2) is 16.7 Å². The molecule has 94 valence electrons. The molecule has 2 rings (SSSR count). The van der Waals surface area contributed by atoms with Crippen LogP contribution in [0.4, 0.5) is 0 Å². The fourth-order valence-corrected chi connectivity index (χ4v) is 1.98. The molecule has 1 saturated heterocycles. The minimum atomic E-state index is 0.0806. The van der Waals surface area contributed by atoms with Crippen molar-refractivity contribution < 1.29 is 9.21 Å². The van der Waals surface area contributed by atoms with Gasteiger partial charge in [0.15, 0.2) is 0 Å². The van der Waals surface area contributed by atoms with E-state index in [-0.39, 0.29) is 5.91 Å². The van der Waals surface area contributed by atoms with Crippen molar-refractivity contribution in [3.63, 3.8) is 0 Å². The maximum atomic E-state index is 12.3. The van der Waals surface area contributed by atoms with Crippen LogP contribution in [0.5, 0.6) is 0 Å². The van der Waals surface area contributed by atoms with Crippen molar-refractivity contribution in [3.05, 3.63) is 23.7 Å². The van der Waals surface area contributed by atoms with Crippen molar-refractivity contribution in [2.24, 2.45) is 0 Å². The van der Waals surface area contributed by atoms with Gasteiger partial charge in [-0.25, -0.2) is 0 Å². The lowest BCUT2D eigenvalue weighted by atomic mass is 10.2. The van der Waals surface area contributed by atoms with Crippen molar-refractivity contribution in [1.82, 2.24) is 15.1 Å². The van der Waals surface area contributed by atoms with Crippen LogP contribution in [0.25, 0.3) is 0 Å². The van der Waals surface area contributed by atoms with E-state index >= 15 is 0 Å². The van der Waals surface area contributed by atoms with Gasteiger partial charge in [0.2, 0.25) is 0 Å². The number of furan rings is 1. The Labute approximate surface area is 101 Å². The molecule has 1 fully saturated rings. The minimum absolute atomic E-state index is 0.0806. The molecule has 1 amide bonds. The van der Waals surface area contributed by atoms with Crippen LogP contribution >= 0.6 is 0 Å². The van der Waals surface area contributed by atoms with Crippen molar-refractivity contribution in [2.75, 3.05) is 40.3 Å². The highest BCUT2D eigenvalue weighted by Crippen LogP contribution is 2.15. The van der Waals surface area contributed by atoms with Gasteiger partial charge in [-0.2, -0.15) is 0 Å². The smallest absolute Gasteiger partial charge is 0.257 e. The van der Waals surface area contributed by atoms with Gasteiger partial charge in [-0.3, -0.25) is 4.79 Å². The predicted octanol–water partition coefficient (Wildman–Crippen LogP) is 0.387. The van der Waals surface area contributed by atoms with E-state index in [2.05, 4.69) is 5.32 Å². The summed E-state index contributed by atoms with van der Waals surface area (Å²) >= 11 is 0. The molecule has 0 aromatic carbocycles. The Morgan fingerprint density at radius 2 is 2.18 bits per heavy atom. The Morgan fingerprint density at radius 3 is 2.82 bits per heavy atom. The lowest BCUT2D eigenvalue weighted by Crippen LogP contribution is -2.46. The standard InChI is InChI=1S/C12H19N3O2/c1-14(2)9-11-10(3-8-17-11)12(16)15-6-4-13-5-7-15/h3,8,13H,4-7,9H2,1-2H3. The number of nitrogens with zero attached hydrogens (tertiary/aromatic N) is 2. The molecule has 2 heterocycles. The predicted molar refractivity (Wildman–Crippen MR) is 64.9 cm³/mol. The van der Waals surface area contributed by atoms with E-state index in [1.807, 2.05) is 23.9 Å². The topological polar surface area (TPSA) is 48.7 Å². The number of nitrogens with one attached hydrogen (secondary N) is 1. The Hall–Kier alpha value is -1.33. The molecule has 0 spiro atoms. The van der Waals surface area contributed by atoms with E-state index in [0.717, 1.165) is 31.9 Å². The molecule has 0 aliphatic carbocycles. The van der Waals surface area contributed by atoms with Crippen LogP contribution in [0, 0.1) is 0 Å². The van der Waals surface area contributed by atoms with Crippen LogP contribution in [0.3, 0.4) is 0 Å². The summed E-state index contributed by atoms with van der Waals surface area (Å²) in [6, 6.07) is 1.77. The van der Waals surface area contributed by atoms with Crippen LogP contribution in [-0.2, 0) is 6.54 Å². The fraction of sp³-hybridized carbons (Fsp3) is 0.583. The van der Waals surface area contributed by atoms with Gasteiger partial charge in [0.1, 0.15) is 5.76 Å². The average Bonchev–Trinajstić information content (AvgIpc) is 2.76. The normalized spacial score (nSPS) is 16.5. The largest absolute Gasteiger partial charge is 0.467 e. The first-order valence-electron chi connectivity index (χ1n) is 5.89. The molecule has 0 unspecified atom stereocenters. The molecule has 0 atom stereocenters. The first-order chi connectivity index (χ1) is 8.18. The summed E-state index contributed by atoms with van der Waals surface area (Å²) in [6.07, 6.45) is 1.59. The van der Waals surface area contributed by atoms with Gasteiger partial charge in [-0.1, -0.05) is 0 Å². The zero-order valence-corrected chi connectivity index (χ0v) is 10.4. The third-order valence-electron chi connectivity index (χ3n) is 2.84. The summed E-state index contributed by atoms with van der Waals surface area (Å²) in [6.45, 7) is 3.93. The number of rotatable bonds is 3. The monoisotopic (exact) mass is 237 g/mol. The van der Waals surface area contributed by atoms with Crippen molar-refractivity contribution in [1.29, 1.82) is 0 Å². The highest BCUT2D eigenvalue weighted by Gasteiger charge is 2.22. The second-order valence-electron chi connectivity index (χ2n) is 4.54. The average molecular weight is 237 g/mol. The van der Waals surface area contributed by atoms with Gasteiger partial charge in [0.05, 0.1) is 18.4 Å². The number of carbonyl (C=O) groups is 1. The van der Waals surface area contributed by atoms with Crippen LogP contribution in [-0.4, -0.2) is 56.0 Å². The third-order valence-corrected chi connectivity index (χ3v) is 2.84. The SMILES string of the molecule is CN(C)Cc1occc1C(=O)N1CCNCC1. The van der Waals surface area contributed by atoms with Gasteiger partial charge >= 0.3 is 0 Å². The quantitative estimate of drug-likeness (QED) is 0.826. The molecule has 17 heavy (non-hydrogen) atoms. The zero-order valence-electron chi connectivity index (χ0n) is 10.4. The third kappa shape index (κ3) is 2.87. The number of amides is 1. The molecule has 1 aliphatic heterocycles. The summed E-state index contributed by atoms with van der Waals surface area (Å²) in [5, 5.41) is 3.24. The highest BCUT2D eigenvalue weighted by atomic mass is 16.3. The van der Waals surface area contributed by atoms with Gasteiger partial charge in [0.25, 0.3) is 5.91 Å². The molecule has 1 aromatic rings. The summed E-state index contributed by atoms with van der Waals surface area (Å²) in [7, 11) is 3.92. The maximum Gasteiger partial charge on any atom is 0.257 e. The summed E-state index contributed by atoms with van der Waals surface area (Å²) in [4.78, 5) is 16.2. The Balaban J connectivity index is 2.10. The van der Waals surface area contributed by atoms with Crippen LogP contribution in [0.2, 0.25) is 0 Å².